The van der Waals surface area contributed by atoms with Gasteiger partial charge in [0, 0.05) is 12.3 Å². The Morgan fingerprint density at radius 2 is 1.87 bits per heavy atom. The van der Waals surface area contributed by atoms with Crippen LogP contribution in [0.15, 0.2) is 53.5 Å². The minimum Gasteiger partial charge on any atom is -0.311 e. The Morgan fingerprint density at radius 3 is 2.53 bits per heavy atom. The molecule has 1 heterocycles. The molecule has 0 amide bonds. The molecule has 2 rings (SSSR count). The second-order valence-corrected chi connectivity index (χ2v) is 3.66. The van der Waals surface area contributed by atoms with E-state index in [1.807, 2.05) is 49.5 Å². The molecule has 2 nitrogen and oxygen atoms in total. The Morgan fingerprint density at radius 1 is 1.13 bits per heavy atom. The van der Waals surface area contributed by atoms with Crippen molar-refractivity contribution in [3.05, 3.63) is 70.1 Å². The highest BCUT2D eigenvalue weighted by molar-refractivity contribution is 5.16. The first-order chi connectivity index (χ1) is 7.25. The first-order valence-electron chi connectivity index (χ1n) is 4.97. The minimum atomic E-state index is 0.0545. The van der Waals surface area contributed by atoms with Crippen molar-refractivity contribution in [1.29, 1.82) is 0 Å². The van der Waals surface area contributed by atoms with Crippen molar-refractivity contribution in [3.63, 3.8) is 0 Å². The van der Waals surface area contributed by atoms with Gasteiger partial charge in [0.15, 0.2) is 0 Å². The third kappa shape index (κ3) is 2.34. The van der Waals surface area contributed by atoms with Gasteiger partial charge in [0.25, 0.3) is 5.56 Å². The lowest BCUT2D eigenvalue weighted by Gasteiger charge is -2.05. The topological polar surface area (TPSA) is 22.0 Å². The molecule has 0 aliphatic heterocycles. The highest BCUT2D eigenvalue weighted by Gasteiger charge is 1.96. The van der Waals surface area contributed by atoms with Crippen molar-refractivity contribution in [2.24, 2.45) is 0 Å². The van der Waals surface area contributed by atoms with Crippen molar-refractivity contribution < 1.29 is 0 Å². The maximum Gasteiger partial charge on any atom is 0.251 e. The van der Waals surface area contributed by atoms with E-state index in [0.717, 1.165) is 11.1 Å². The van der Waals surface area contributed by atoms with Gasteiger partial charge in [-0.2, -0.15) is 0 Å². The van der Waals surface area contributed by atoms with Crippen LogP contribution in [0.2, 0.25) is 0 Å². The summed E-state index contributed by atoms with van der Waals surface area (Å²) in [5.41, 5.74) is 2.20. The zero-order valence-electron chi connectivity index (χ0n) is 8.68. The van der Waals surface area contributed by atoms with Gasteiger partial charge in [0.2, 0.25) is 0 Å². The van der Waals surface area contributed by atoms with E-state index in [-0.39, 0.29) is 5.56 Å². The van der Waals surface area contributed by atoms with E-state index in [4.69, 9.17) is 0 Å². The maximum atomic E-state index is 11.6. The molecular formula is C13H13NO. The molecule has 2 aromatic rings. The first-order valence-corrected chi connectivity index (χ1v) is 4.97. The third-order valence-electron chi connectivity index (χ3n) is 2.35. The van der Waals surface area contributed by atoms with Crippen molar-refractivity contribution >= 4 is 0 Å². The number of rotatable bonds is 2. The van der Waals surface area contributed by atoms with Crippen molar-refractivity contribution in [2.45, 2.75) is 13.5 Å². The second kappa shape index (κ2) is 4.13. The zero-order chi connectivity index (χ0) is 10.7. The van der Waals surface area contributed by atoms with Crippen LogP contribution in [0.25, 0.3) is 0 Å². The number of aryl methyl sites for hydroxylation is 1. The van der Waals surface area contributed by atoms with E-state index in [1.54, 1.807) is 10.6 Å². The summed E-state index contributed by atoms with van der Waals surface area (Å²) in [6, 6.07) is 13.6. The number of hydrogen-bond donors (Lipinski definition) is 0. The fourth-order valence-corrected chi connectivity index (χ4v) is 1.52. The average Bonchev–Trinajstić information content (AvgIpc) is 2.24. The molecule has 0 saturated heterocycles. The molecular weight excluding hydrogens is 186 g/mol. The lowest BCUT2D eigenvalue weighted by atomic mass is 10.2. The van der Waals surface area contributed by atoms with Crippen LogP contribution in [0.3, 0.4) is 0 Å². The van der Waals surface area contributed by atoms with Crippen LogP contribution in [0, 0.1) is 6.92 Å². The van der Waals surface area contributed by atoms with Gasteiger partial charge < -0.3 is 4.57 Å². The molecule has 0 bridgehead atoms. The van der Waals surface area contributed by atoms with E-state index in [2.05, 4.69) is 0 Å². The lowest BCUT2D eigenvalue weighted by Crippen LogP contribution is -2.19. The van der Waals surface area contributed by atoms with E-state index in [0.29, 0.717) is 6.54 Å². The fraction of sp³-hybridized carbons (Fsp3) is 0.154. The summed E-state index contributed by atoms with van der Waals surface area (Å²) in [5.74, 6) is 0. The summed E-state index contributed by atoms with van der Waals surface area (Å²) in [4.78, 5) is 11.6. The summed E-state index contributed by atoms with van der Waals surface area (Å²) in [7, 11) is 0. The summed E-state index contributed by atoms with van der Waals surface area (Å²) in [6.07, 6.45) is 1.84. The first kappa shape index (κ1) is 9.71. The molecule has 0 aliphatic rings. The molecule has 1 aromatic heterocycles. The van der Waals surface area contributed by atoms with Crippen LogP contribution in [-0.4, -0.2) is 4.57 Å². The Balaban J connectivity index is 2.29. The van der Waals surface area contributed by atoms with Crippen molar-refractivity contribution in [3.8, 4) is 0 Å². The van der Waals surface area contributed by atoms with Gasteiger partial charge >= 0.3 is 0 Å². The summed E-state index contributed by atoms with van der Waals surface area (Å²) < 4.78 is 1.71. The number of benzene rings is 1. The number of hydrogen-bond acceptors (Lipinski definition) is 1. The van der Waals surface area contributed by atoms with E-state index < -0.39 is 0 Å². The minimum absolute atomic E-state index is 0.0545. The quantitative estimate of drug-likeness (QED) is 0.726. The van der Waals surface area contributed by atoms with Crippen molar-refractivity contribution in [2.75, 3.05) is 0 Å². The molecule has 0 spiro atoms. The SMILES string of the molecule is Cc1ccn(Cc2ccccc2)c(=O)c1. The Labute approximate surface area is 88.8 Å². The smallest absolute Gasteiger partial charge is 0.251 e. The van der Waals surface area contributed by atoms with Gasteiger partial charge in [-0.3, -0.25) is 4.79 Å². The van der Waals surface area contributed by atoms with Crippen LogP contribution < -0.4 is 5.56 Å². The molecule has 0 fully saturated rings. The Bertz CT molecular complexity index is 499. The van der Waals surface area contributed by atoms with Gasteiger partial charge in [-0.15, -0.1) is 0 Å². The predicted molar refractivity (Wildman–Crippen MR) is 61.0 cm³/mol. The molecule has 0 N–H and O–H groups in total. The molecule has 76 valence electrons. The lowest BCUT2D eigenvalue weighted by molar-refractivity contribution is 0.757. The zero-order valence-corrected chi connectivity index (χ0v) is 8.68. The summed E-state index contributed by atoms with van der Waals surface area (Å²) >= 11 is 0. The van der Waals surface area contributed by atoms with Crippen LogP contribution in [0.1, 0.15) is 11.1 Å². The van der Waals surface area contributed by atoms with Gasteiger partial charge in [-0.05, 0) is 24.1 Å². The molecule has 0 unspecified atom stereocenters. The monoisotopic (exact) mass is 199 g/mol. The second-order valence-electron chi connectivity index (χ2n) is 3.66. The molecule has 0 aliphatic carbocycles. The normalized spacial score (nSPS) is 10.2. The predicted octanol–water partition coefficient (Wildman–Crippen LogP) is 2.21. The van der Waals surface area contributed by atoms with Crippen LogP contribution in [0.5, 0.6) is 0 Å². The largest absolute Gasteiger partial charge is 0.311 e. The molecule has 2 heteroatoms. The highest BCUT2D eigenvalue weighted by Crippen LogP contribution is 2.00. The van der Waals surface area contributed by atoms with Gasteiger partial charge in [-0.1, -0.05) is 30.3 Å². The summed E-state index contributed by atoms with van der Waals surface area (Å²) in [5, 5.41) is 0. The highest BCUT2D eigenvalue weighted by atomic mass is 16.1. The Hall–Kier alpha value is -1.83. The van der Waals surface area contributed by atoms with Crippen LogP contribution >= 0.6 is 0 Å². The fourth-order valence-electron chi connectivity index (χ4n) is 1.52. The van der Waals surface area contributed by atoms with Gasteiger partial charge in [0.1, 0.15) is 0 Å². The molecule has 15 heavy (non-hydrogen) atoms. The van der Waals surface area contributed by atoms with Crippen LogP contribution in [0.4, 0.5) is 0 Å². The molecule has 1 aromatic carbocycles. The Kier molecular flexibility index (Phi) is 2.68. The molecule has 0 saturated carbocycles. The van der Waals surface area contributed by atoms with Crippen LogP contribution in [-0.2, 0) is 6.54 Å². The van der Waals surface area contributed by atoms with Gasteiger partial charge in [-0.25, -0.2) is 0 Å². The van der Waals surface area contributed by atoms with Crippen molar-refractivity contribution in [1.82, 2.24) is 4.57 Å². The third-order valence-corrected chi connectivity index (χ3v) is 2.35. The van der Waals surface area contributed by atoms with E-state index in [1.165, 1.54) is 0 Å². The number of nitrogens with zero attached hydrogens (tertiary/aromatic N) is 1. The standard InChI is InChI=1S/C13H13NO/c1-11-7-8-14(13(15)9-11)10-12-5-3-2-4-6-12/h2-9H,10H2,1H3. The number of aromatic nitrogens is 1. The molecule has 0 radical (unpaired) electrons. The van der Waals surface area contributed by atoms with E-state index >= 15 is 0 Å². The summed E-state index contributed by atoms with van der Waals surface area (Å²) in [6.45, 7) is 2.56. The average molecular weight is 199 g/mol. The number of pyridine rings is 1. The van der Waals surface area contributed by atoms with Gasteiger partial charge in [0.05, 0.1) is 6.54 Å². The molecule has 0 atom stereocenters. The maximum absolute atomic E-state index is 11.6. The van der Waals surface area contributed by atoms with E-state index in [9.17, 15) is 4.79 Å².